The maximum absolute atomic E-state index is 4.30. The van der Waals surface area contributed by atoms with Crippen LogP contribution in [0.25, 0.3) is 0 Å². The topological polar surface area (TPSA) is 39.7 Å². The minimum atomic E-state index is 0. The van der Waals surface area contributed by atoms with E-state index >= 15 is 0 Å². The van der Waals surface area contributed by atoms with E-state index in [-0.39, 0.29) is 24.0 Å². The van der Waals surface area contributed by atoms with Crippen LogP contribution in [0.4, 0.5) is 0 Å². The molecule has 2 heterocycles. The molecule has 1 aliphatic rings. The number of hydrogen-bond donors (Lipinski definition) is 2. The zero-order chi connectivity index (χ0) is 18.2. The van der Waals surface area contributed by atoms with E-state index in [4.69, 9.17) is 0 Å². The van der Waals surface area contributed by atoms with E-state index < -0.39 is 0 Å². The van der Waals surface area contributed by atoms with Crippen molar-refractivity contribution in [1.82, 2.24) is 15.5 Å². The van der Waals surface area contributed by atoms with Gasteiger partial charge in [0.2, 0.25) is 0 Å². The summed E-state index contributed by atoms with van der Waals surface area (Å²) >= 11 is 1.76. The second-order valence-electron chi connectivity index (χ2n) is 7.13. The molecule has 1 aromatic heterocycles. The molecule has 2 N–H and O–H groups in total. The molecule has 3 rings (SSSR count). The van der Waals surface area contributed by atoms with Gasteiger partial charge in [0.05, 0.1) is 6.54 Å². The number of likely N-dealkylation sites (tertiary alicyclic amines) is 1. The van der Waals surface area contributed by atoms with E-state index in [9.17, 15) is 0 Å². The first-order chi connectivity index (χ1) is 12.7. The van der Waals surface area contributed by atoms with Crippen molar-refractivity contribution in [3.63, 3.8) is 0 Å². The highest BCUT2D eigenvalue weighted by Crippen LogP contribution is 2.18. The molecule has 6 heteroatoms. The van der Waals surface area contributed by atoms with Crippen LogP contribution in [0.2, 0.25) is 0 Å². The number of thiophene rings is 1. The summed E-state index contributed by atoms with van der Waals surface area (Å²) in [5.74, 6) is 1.73. The second kappa shape index (κ2) is 11.7. The maximum Gasteiger partial charge on any atom is 0.191 e. The van der Waals surface area contributed by atoms with Crippen LogP contribution >= 0.6 is 35.3 Å². The van der Waals surface area contributed by atoms with Crippen LogP contribution < -0.4 is 10.6 Å². The Labute approximate surface area is 184 Å². The molecular weight excluding hydrogens is 467 g/mol. The number of hydrogen-bond acceptors (Lipinski definition) is 3. The molecular formula is C21H31IN4S. The highest BCUT2D eigenvalue weighted by molar-refractivity contribution is 14.0. The van der Waals surface area contributed by atoms with E-state index in [0.29, 0.717) is 0 Å². The lowest BCUT2D eigenvalue weighted by Crippen LogP contribution is -2.36. The number of aliphatic imine (C=N–C) groups is 1. The Morgan fingerprint density at radius 2 is 1.74 bits per heavy atom. The van der Waals surface area contributed by atoms with Crippen LogP contribution in [-0.2, 0) is 19.6 Å². The summed E-state index contributed by atoms with van der Waals surface area (Å²) in [6.07, 6.45) is 2.67. The zero-order valence-corrected chi connectivity index (χ0v) is 19.4. The van der Waals surface area contributed by atoms with E-state index in [0.717, 1.165) is 31.5 Å². The molecule has 2 aromatic rings. The molecule has 1 saturated heterocycles. The van der Waals surface area contributed by atoms with Crippen LogP contribution in [0.5, 0.6) is 0 Å². The van der Waals surface area contributed by atoms with Gasteiger partial charge in [-0.1, -0.05) is 37.3 Å². The van der Waals surface area contributed by atoms with E-state index in [2.05, 4.69) is 69.2 Å². The van der Waals surface area contributed by atoms with E-state index in [1.54, 1.807) is 11.3 Å². The fraction of sp³-hybridized carbons (Fsp3) is 0.476. The molecule has 0 bridgehead atoms. The van der Waals surface area contributed by atoms with Crippen molar-refractivity contribution in [3.05, 3.63) is 57.8 Å². The molecule has 1 aliphatic heterocycles. The van der Waals surface area contributed by atoms with Gasteiger partial charge in [0.25, 0.3) is 0 Å². The van der Waals surface area contributed by atoms with Gasteiger partial charge in [-0.15, -0.1) is 35.3 Å². The molecule has 0 amide bonds. The Morgan fingerprint density at radius 1 is 1.07 bits per heavy atom. The third-order valence-electron chi connectivity index (χ3n) is 5.00. The van der Waals surface area contributed by atoms with Gasteiger partial charge in [-0.2, -0.15) is 0 Å². The van der Waals surface area contributed by atoms with Gasteiger partial charge in [0, 0.05) is 25.0 Å². The van der Waals surface area contributed by atoms with Gasteiger partial charge >= 0.3 is 0 Å². The van der Waals surface area contributed by atoms with Crippen LogP contribution in [0, 0.1) is 5.92 Å². The largest absolute Gasteiger partial charge is 0.352 e. The van der Waals surface area contributed by atoms with Gasteiger partial charge in [0.15, 0.2) is 5.96 Å². The fourth-order valence-corrected chi connectivity index (χ4v) is 3.88. The molecule has 0 aliphatic carbocycles. The quantitative estimate of drug-likeness (QED) is 0.351. The van der Waals surface area contributed by atoms with Crippen molar-refractivity contribution in [1.29, 1.82) is 0 Å². The number of benzene rings is 1. The maximum atomic E-state index is 4.30. The molecule has 0 saturated carbocycles. The Kier molecular flexibility index (Phi) is 9.58. The number of piperidine rings is 1. The molecule has 0 unspecified atom stereocenters. The van der Waals surface area contributed by atoms with Crippen LogP contribution in [0.15, 0.2) is 46.8 Å². The van der Waals surface area contributed by atoms with Crippen molar-refractivity contribution in [2.24, 2.45) is 10.9 Å². The van der Waals surface area contributed by atoms with Gasteiger partial charge in [-0.3, -0.25) is 9.89 Å². The third-order valence-corrected chi connectivity index (χ3v) is 5.88. The lowest BCUT2D eigenvalue weighted by Gasteiger charge is -2.30. The van der Waals surface area contributed by atoms with Gasteiger partial charge in [-0.05, 0) is 54.4 Å². The molecule has 1 fully saturated rings. The third kappa shape index (κ3) is 7.43. The molecule has 27 heavy (non-hydrogen) atoms. The summed E-state index contributed by atoms with van der Waals surface area (Å²) in [7, 11) is 1.81. The Bertz CT molecular complexity index is 677. The van der Waals surface area contributed by atoms with Crippen LogP contribution in [0.3, 0.4) is 0 Å². The molecule has 4 nitrogen and oxygen atoms in total. The average molecular weight is 498 g/mol. The summed E-state index contributed by atoms with van der Waals surface area (Å²) in [5.41, 5.74) is 2.68. The van der Waals surface area contributed by atoms with Crippen molar-refractivity contribution < 1.29 is 0 Å². The SMILES string of the molecule is CN=C(NCc1ccc(CN2CCC(C)CC2)cc1)NCc1cccs1.I. The van der Waals surface area contributed by atoms with Crippen LogP contribution in [-0.4, -0.2) is 31.0 Å². The summed E-state index contributed by atoms with van der Waals surface area (Å²) in [6.45, 7) is 7.50. The van der Waals surface area contributed by atoms with E-state index in [1.165, 1.54) is 41.9 Å². The fourth-order valence-electron chi connectivity index (χ4n) is 3.23. The first-order valence-electron chi connectivity index (χ1n) is 9.50. The van der Waals surface area contributed by atoms with E-state index in [1.807, 2.05) is 7.05 Å². The molecule has 0 atom stereocenters. The Morgan fingerprint density at radius 3 is 2.37 bits per heavy atom. The minimum absolute atomic E-state index is 0. The molecule has 1 aromatic carbocycles. The van der Waals surface area contributed by atoms with Crippen molar-refractivity contribution >= 4 is 41.3 Å². The first-order valence-corrected chi connectivity index (χ1v) is 10.4. The molecule has 0 radical (unpaired) electrons. The van der Waals surface area contributed by atoms with Gasteiger partial charge < -0.3 is 10.6 Å². The monoisotopic (exact) mass is 498 g/mol. The number of rotatable bonds is 6. The number of nitrogens with one attached hydrogen (secondary N) is 2. The lowest BCUT2D eigenvalue weighted by atomic mass is 9.99. The highest BCUT2D eigenvalue weighted by Gasteiger charge is 2.15. The summed E-state index contributed by atoms with van der Waals surface area (Å²) in [4.78, 5) is 8.18. The lowest BCUT2D eigenvalue weighted by molar-refractivity contribution is 0.185. The van der Waals surface area contributed by atoms with Crippen molar-refractivity contribution in [3.8, 4) is 0 Å². The highest BCUT2D eigenvalue weighted by atomic mass is 127. The predicted octanol–water partition coefficient (Wildman–Crippen LogP) is 4.46. The van der Waals surface area contributed by atoms with Crippen molar-refractivity contribution in [2.75, 3.05) is 20.1 Å². The van der Waals surface area contributed by atoms with Crippen LogP contribution in [0.1, 0.15) is 35.8 Å². The predicted molar refractivity (Wildman–Crippen MR) is 127 cm³/mol. The Hall–Kier alpha value is -1.12. The van der Waals surface area contributed by atoms with Gasteiger partial charge in [0.1, 0.15) is 0 Å². The second-order valence-corrected chi connectivity index (χ2v) is 8.17. The minimum Gasteiger partial charge on any atom is -0.352 e. The van der Waals surface area contributed by atoms with Gasteiger partial charge in [-0.25, -0.2) is 0 Å². The first kappa shape index (κ1) is 22.2. The number of halogens is 1. The molecule has 0 spiro atoms. The number of nitrogens with zero attached hydrogens (tertiary/aromatic N) is 2. The normalized spacial score (nSPS) is 16.0. The smallest absolute Gasteiger partial charge is 0.191 e. The zero-order valence-electron chi connectivity index (χ0n) is 16.3. The summed E-state index contributed by atoms with van der Waals surface area (Å²) in [6, 6.07) is 13.2. The summed E-state index contributed by atoms with van der Waals surface area (Å²) < 4.78 is 0. The summed E-state index contributed by atoms with van der Waals surface area (Å²) in [5, 5.41) is 8.84. The standard InChI is InChI=1S/C21H30N4S.HI/c1-17-9-11-25(12-10-17)16-19-7-5-18(6-8-19)14-23-21(22-2)24-15-20-4-3-13-26-20;/h3-8,13,17H,9-12,14-16H2,1-2H3,(H2,22,23,24);1H. The van der Waals surface area contributed by atoms with Crippen molar-refractivity contribution in [2.45, 2.75) is 39.4 Å². The Balaban J connectivity index is 0.00000261. The molecule has 148 valence electrons. The number of guanidine groups is 1. The average Bonchev–Trinajstić information content (AvgIpc) is 3.18.